The molecule has 0 radical (unpaired) electrons. The molecule has 1 saturated carbocycles. The molecular weight excluding hydrogens is 233 g/mol. The second-order valence-corrected chi connectivity index (χ2v) is 4.71. The Kier molecular flexibility index (Phi) is 5.22. The zero-order valence-corrected chi connectivity index (χ0v) is 10.1. The highest BCUT2D eigenvalue weighted by Crippen LogP contribution is 2.25. The van der Waals surface area contributed by atoms with E-state index in [0.29, 0.717) is 6.54 Å². The van der Waals surface area contributed by atoms with Crippen molar-refractivity contribution < 1.29 is 18.3 Å². The lowest BCUT2D eigenvalue weighted by molar-refractivity contribution is -0.209. The largest absolute Gasteiger partial charge is 0.415 e. The minimum Gasteiger partial charge on any atom is -0.382 e. The van der Waals surface area contributed by atoms with Crippen molar-refractivity contribution in [1.29, 1.82) is 0 Å². The van der Waals surface area contributed by atoms with Gasteiger partial charge >= 0.3 is 6.18 Å². The molecule has 0 spiro atoms. The molecule has 0 amide bonds. The number of aliphatic hydroxyl groups is 1. The van der Waals surface area contributed by atoms with Gasteiger partial charge in [-0.1, -0.05) is 6.92 Å². The molecule has 0 aromatic heterocycles. The number of nitrogens with zero attached hydrogens (tertiary/aromatic N) is 1. The van der Waals surface area contributed by atoms with Gasteiger partial charge in [0, 0.05) is 18.6 Å². The van der Waals surface area contributed by atoms with E-state index in [9.17, 15) is 13.2 Å². The maximum absolute atomic E-state index is 12.3. The summed E-state index contributed by atoms with van der Waals surface area (Å²) in [5.74, 6) is 0. The third-order valence-electron chi connectivity index (χ3n) is 3.45. The lowest BCUT2D eigenvalue weighted by Crippen LogP contribution is -2.47. The summed E-state index contributed by atoms with van der Waals surface area (Å²) in [5, 5.41) is 9.08. The molecule has 0 saturated heterocycles. The molecule has 1 aliphatic carbocycles. The molecule has 0 aromatic carbocycles. The van der Waals surface area contributed by atoms with E-state index >= 15 is 0 Å². The van der Waals surface area contributed by atoms with Crippen LogP contribution in [-0.4, -0.2) is 47.5 Å². The van der Waals surface area contributed by atoms with E-state index in [1.165, 1.54) is 0 Å². The predicted octanol–water partition coefficient (Wildman–Crippen LogP) is 1.50. The zero-order valence-electron chi connectivity index (χ0n) is 10.1. The molecule has 1 atom stereocenters. The van der Waals surface area contributed by atoms with Gasteiger partial charge in [-0.3, -0.25) is 4.90 Å². The molecule has 102 valence electrons. The van der Waals surface area contributed by atoms with Crippen LogP contribution in [0.5, 0.6) is 0 Å². The quantitative estimate of drug-likeness (QED) is 0.799. The van der Waals surface area contributed by atoms with Gasteiger partial charge in [0.05, 0.1) is 0 Å². The van der Waals surface area contributed by atoms with Crippen LogP contribution in [0.25, 0.3) is 0 Å². The molecule has 0 heterocycles. The standard InChI is InChI=1S/C11H21F3N2O/c1-2-16(7-10(17)11(12,13)14)9-5-3-8(15)4-6-9/h8-10,17H,2-7,15H2,1H3. The molecule has 0 aromatic rings. The fourth-order valence-electron chi connectivity index (χ4n) is 2.33. The second-order valence-electron chi connectivity index (χ2n) is 4.71. The van der Waals surface area contributed by atoms with Gasteiger partial charge in [-0.2, -0.15) is 13.2 Å². The van der Waals surface area contributed by atoms with Crippen LogP contribution in [0, 0.1) is 0 Å². The number of alkyl halides is 3. The number of hydrogen-bond acceptors (Lipinski definition) is 3. The van der Waals surface area contributed by atoms with Gasteiger partial charge < -0.3 is 10.8 Å². The molecule has 0 aliphatic heterocycles. The average Bonchev–Trinajstić information content (AvgIpc) is 2.25. The Hall–Kier alpha value is -0.330. The number of rotatable bonds is 4. The summed E-state index contributed by atoms with van der Waals surface area (Å²) in [6.07, 6.45) is -3.44. The van der Waals surface area contributed by atoms with Gasteiger partial charge in [0.25, 0.3) is 0 Å². The van der Waals surface area contributed by atoms with Gasteiger partial charge in [-0.15, -0.1) is 0 Å². The number of hydrogen-bond donors (Lipinski definition) is 2. The lowest BCUT2D eigenvalue weighted by atomic mass is 9.90. The number of likely N-dealkylation sites (N-methyl/N-ethyl adjacent to an activating group) is 1. The van der Waals surface area contributed by atoms with Crippen molar-refractivity contribution >= 4 is 0 Å². The summed E-state index contributed by atoms with van der Waals surface area (Å²) in [5.41, 5.74) is 5.76. The molecule has 6 heteroatoms. The summed E-state index contributed by atoms with van der Waals surface area (Å²) in [6, 6.07) is 0.300. The van der Waals surface area contributed by atoms with Crippen molar-refractivity contribution in [3.8, 4) is 0 Å². The Morgan fingerprint density at radius 2 is 1.82 bits per heavy atom. The van der Waals surface area contributed by atoms with E-state index in [1.807, 2.05) is 6.92 Å². The smallest absolute Gasteiger partial charge is 0.382 e. The van der Waals surface area contributed by atoms with Crippen LogP contribution in [-0.2, 0) is 0 Å². The van der Waals surface area contributed by atoms with Gasteiger partial charge in [0.1, 0.15) is 0 Å². The highest BCUT2D eigenvalue weighted by atomic mass is 19.4. The van der Waals surface area contributed by atoms with Crippen LogP contribution in [0.3, 0.4) is 0 Å². The molecule has 1 rings (SSSR count). The van der Waals surface area contributed by atoms with E-state index in [-0.39, 0.29) is 18.6 Å². The van der Waals surface area contributed by atoms with E-state index < -0.39 is 12.3 Å². The van der Waals surface area contributed by atoms with Crippen LogP contribution >= 0.6 is 0 Å². The third-order valence-corrected chi connectivity index (χ3v) is 3.45. The third kappa shape index (κ3) is 4.44. The molecule has 1 unspecified atom stereocenters. The predicted molar refractivity (Wildman–Crippen MR) is 59.5 cm³/mol. The molecular formula is C11H21F3N2O. The van der Waals surface area contributed by atoms with Gasteiger partial charge in [0.15, 0.2) is 6.10 Å². The lowest BCUT2D eigenvalue weighted by Gasteiger charge is -2.36. The average molecular weight is 254 g/mol. The summed E-state index contributed by atoms with van der Waals surface area (Å²) in [4.78, 5) is 1.71. The Balaban J connectivity index is 2.48. The maximum Gasteiger partial charge on any atom is 0.415 e. The number of halogens is 3. The Morgan fingerprint density at radius 3 is 2.24 bits per heavy atom. The van der Waals surface area contributed by atoms with E-state index in [1.54, 1.807) is 4.90 Å². The SMILES string of the molecule is CCN(CC(O)C(F)(F)F)C1CCC(N)CC1. The summed E-state index contributed by atoms with van der Waals surface area (Å²) in [6.45, 7) is 2.00. The highest BCUT2D eigenvalue weighted by Gasteiger charge is 2.40. The minimum absolute atomic E-state index is 0.122. The van der Waals surface area contributed by atoms with Crippen LogP contribution in [0.1, 0.15) is 32.6 Å². The monoisotopic (exact) mass is 254 g/mol. The first kappa shape index (κ1) is 14.7. The van der Waals surface area contributed by atoms with Crippen molar-refractivity contribution in [3.05, 3.63) is 0 Å². The van der Waals surface area contributed by atoms with Gasteiger partial charge in [0.2, 0.25) is 0 Å². The van der Waals surface area contributed by atoms with Crippen LogP contribution in [0.4, 0.5) is 13.2 Å². The molecule has 3 N–H and O–H groups in total. The Labute approximate surface area is 99.8 Å². The maximum atomic E-state index is 12.3. The zero-order chi connectivity index (χ0) is 13.1. The van der Waals surface area contributed by atoms with Gasteiger partial charge in [-0.05, 0) is 32.2 Å². The van der Waals surface area contributed by atoms with E-state index in [4.69, 9.17) is 10.8 Å². The van der Waals surface area contributed by atoms with Gasteiger partial charge in [-0.25, -0.2) is 0 Å². The molecule has 1 fully saturated rings. The van der Waals surface area contributed by atoms with Crippen molar-refractivity contribution in [1.82, 2.24) is 4.90 Å². The first-order valence-corrected chi connectivity index (χ1v) is 6.09. The normalized spacial score (nSPS) is 28.4. The second kappa shape index (κ2) is 6.02. The Bertz CT molecular complexity index is 227. The van der Waals surface area contributed by atoms with Crippen molar-refractivity contribution in [3.63, 3.8) is 0 Å². The summed E-state index contributed by atoms with van der Waals surface area (Å²) < 4.78 is 36.8. The molecule has 0 bridgehead atoms. The Morgan fingerprint density at radius 1 is 1.29 bits per heavy atom. The molecule has 3 nitrogen and oxygen atoms in total. The number of aliphatic hydroxyl groups excluding tert-OH is 1. The highest BCUT2D eigenvalue weighted by molar-refractivity contribution is 4.83. The molecule has 17 heavy (non-hydrogen) atoms. The first-order chi connectivity index (χ1) is 7.84. The van der Waals surface area contributed by atoms with Crippen molar-refractivity contribution in [2.75, 3.05) is 13.1 Å². The minimum atomic E-state index is -4.53. The summed E-state index contributed by atoms with van der Waals surface area (Å²) in [7, 11) is 0. The first-order valence-electron chi connectivity index (χ1n) is 6.09. The number of nitrogens with two attached hydrogens (primary N) is 1. The van der Waals surface area contributed by atoms with Crippen LogP contribution in [0.15, 0.2) is 0 Å². The van der Waals surface area contributed by atoms with E-state index in [2.05, 4.69) is 0 Å². The van der Waals surface area contributed by atoms with E-state index in [0.717, 1.165) is 25.7 Å². The summed E-state index contributed by atoms with van der Waals surface area (Å²) >= 11 is 0. The fourth-order valence-corrected chi connectivity index (χ4v) is 2.33. The topological polar surface area (TPSA) is 49.5 Å². The van der Waals surface area contributed by atoms with Crippen LogP contribution < -0.4 is 5.73 Å². The molecule has 1 aliphatic rings. The van der Waals surface area contributed by atoms with Crippen molar-refractivity contribution in [2.45, 2.75) is 57.0 Å². The van der Waals surface area contributed by atoms with Crippen LogP contribution in [0.2, 0.25) is 0 Å². The van der Waals surface area contributed by atoms with Crippen molar-refractivity contribution in [2.24, 2.45) is 5.73 Å². The fraction of sp³-hybridized carbons (Fsp3) is 1.00.